The first-order valence-electron chi connectivity index (χ1n) is 2.55. The van der Waals surface area contributed by atoms with Gasteiger partial charge in [-0.1, -0.05) is 11.8 Å². The molecule has 0 aromatic carbocycles. The highest BCUT2D eigenvalue weighted by Crippen LogP contribution is 2.14. The van der Waals surface area contributed by atoms with Crippen molar-refractivity contribution in [1.82, 2.24) is 5.32 Å². The van der Waals surface area contributed by atoms with Crippen LogP contribution in [0.1, 0.15) is 0 Å². The number of amides is 2. The third kappa shape index (κ3) is 1.80. The van der Waals surface area contributed by atoms with Crippen molar-refractivity contribution >= 4 is 23.8 Å². The first-order valence-corrected chi connectivity index (χ1v) is 3.60. The number of hydrogen-bond acceptors (Lipinski definition) is 4. The predicted molar refractivity (Wildman–Crippen MR) is 35.1 cm³/mol. The Labute approximate surface area is 61.3 Å². The number of hydrogen-bond donors (Lipinski definition) is 2. The molecule has 0 saturated carbocycles. The van der Waals surface area contributed by atoms with Crippen molar-refractivity contribution in [3.05, 3.63) is 0 Å². The van der Waals surface area contributed by atoms with E-state index in [2.05, 4.69) is 10.1 Å². The molecule has 6 heteroatoms. The highest BCUT2D eigenvalue weighted by molar-refractivity contribution is 8.00. The molecule has 1 fully saturated rings. The smallest absolute Gasteiger partial charge is 0.407 e. The molecular weight excluding hydrogens is 156 g/mol. The number of carbonyl (C=O) groups is 2. The molecule has 1 heterocycles. The van der Waals surface area contributed by atoms with E-state index in [0.29, 0.717) is 5.75 Å². The van der Waals surface area contributed by atoms with Gasteiger partial charge in [-0.25, -0.2) is 4.79 Å². The van der Waals surface area contributed by atoms with Crippen LogP contribution in [-0.2, 0) is 9.53 Å². The van der Waals surface area contributed by atoms with Gasteiger partial charge in [-0.3, -0.25) is 4.79 Å². The van der Waals surface area contributed by atoms with Crippen molar-refractivity contribution < 1.29 is 14.3 Å². The van der Waals surface area contributed by atoms with Gasteiger partial charge in [-0.15, -0.1) is 0 Å². The van der Waals surface area contributed by atoms with E-state index in [1.807, 2.05) is 0 Å². The van der Waals surface area contributed by atoms with E-state index in [1.165, 1.54) is 11.8 Å². The molecular formula is C4H6N2O3S. The molecule has 1 aliphatic heterocycles. The molecule has 0 aromatic rings. The average molecular weight is 162 g/mol. The molecule has 56 valence electrons. The van der Waals surface area contributed by atoms with E-state index in [0.717, 1.165) is 0 Å². The van der Waals surface area contributed by atoms with E-state index in [-0.39, 0.29) is 5.91 Å². The zero-order valence-electron chi connectivity index (χ0n) is 4.99. The van der Waals surface area contributed by atoms with Gasteiger partial charge < -0.3 is 15.8 Å². The molecule has 5 nitrogen and oxygen atoms in total. The maximum absolute atomic E-state index is 10.5. The minimum atomic E-state index is -0.875. The average Bonchev–Trinajstić information content (AvgIpc) is 2.13. The van der Waals surface area contributed by atoms with Crippen molar-refractivity contribution in [2.24, 2.45) is 5.73 Å². The minimum Gasteiger partial charge on any atom is -0.416 e. The molecule has 0 radical (unpaired) electrons. The Morgan fingerprint density at radius 1 is 1.90 bits per heavy atom. The lowest BCUT2D eigenvalue weighted by molar-refractivity contribution is -0.119. The summed E-state index contributed by atoms with van der Waals surface area (Å²) in [4.78, 5) is 20.6. The second kappa shape index (κ2) is 2.78. The van der Waals surface area contributed by atoms with E-state index in [9.17, 15) is 9.59 Å². The van der Waals surface area contributed by atoms with Crippen LogP contribution in [0.4, 0.5) is 4.79 Å². The van der Waals surface area contributed by atoms with Gasteiger partial charge in [0.2, 0.25) is 11.5 Å². The van der Waals surface area contributed by atoms with Crippen LogP contribution < -0.4 is 11.1 Å². The second-order valence-corrected chi connectivity index (χ2v) is 2.70. The Hall–Kier alpha value is -0.910. The van der Waals surface area contributed by atoms with Crippen molar-refractivity contribution in [2.45, 2.75) is 5.56 Å². The van der Waals surface area contributed by atoms with Gasteiger partial charge in [0.25, 0.3) is 0 Å². The highest BCUT2D eigenvalue weighted by atomic mass is 32.2. The maximum atomic E-state index is 10.5. The van der Waals surface area contributed by atoms with Gasteiger partial charge in [-0.05, 0) is 0 Å². The first-order chi connectivity index (χ1) is 4.68. The number of rotatable bonds is 1. The van der Waals surface area contributed by atoms with Crippen molar-refractivity contribution in [3.8, 4) is 0 Å². The minimum absolute atomic E-state index is 0.142. The fourth-order valence-electron chi connectivity index (χ4n) is 0.535. The van der Waals surface area contributed by atoms with Crippen molar-refractivity contribution in [3.63, 3.8) is 0 Å². The maximum Gasteiger partial charge on any atom is 0.407 e. The van der Waals surface area contributed by atoms with Gasteiger partial charge >= 0.3 is 6.09 Å². The molecule has 2 amide bonds. The van der Waals surface area contributed by atoms with Gasteiger partial charge in [0.1, 0.15) is 0 Å². The first kappa shape index (κ1) is 7.20. The summed E-state index contributed by atoms with van der Waals surface area (Å²) in [6, 6.07) is 0. The Bertz CT molecular complexity index is 172. The summed E-state index contributed by atoms with van der Waals surface area (Å²) in [5.74, 6) is 0.175. The van der Waals surface area contributed by atoms with Crippen molar-refractivity contribution in [1.29, 1.82) is 0 Å². The van der Waals surface area contributed by atoms with Crippen LogP contribution in [0.5, 0.6) is 0 Å². The van der Waals surface area contributed by atoms with Gasteiger partial charge in [0.15, 0.2) is 0 Å². The third-order valence-electron chi connectivity index (χ3n) is 0.868. The Morgan fingerprint density at radius 3 is 3.00 bits per heavy atom. The summed E-state index contributed by atoms with van der Waals surface area (Å²) < 4.78 is 4.45. The summed E-state index contributed by atoms with van der Waals surface area (Å²) in [7, 11) is 0. The molecule has 1 atom stereocenters. The van der Waals surface area contributed by atoms with Gasteiger partial charge in [0.05, 0.1) is 5.75 Å². The lowest BCUT2D eigenvalue weighted by atomic mass is 10.7. The normalized spacial score (nSPS) is 24.0. The summed E-state index contributed by atoms with van der Waals surface area (Å²) in [5, 5.41) is 2.39. The molecule has 1 rings (SSSR count). The number of primary amides is 1. The SMILES string of the molecule is NC(=O)OC1NC(=O)CS1. The highest BCUT2D eigenvalue weighted by Gasteiger charge is 2.23. The fraction of sp³-hybridized carbons (Fsp3) is 0.500. The molecule has 10 heavy (non-hydrogen) atoms. The Morgan fingerprint density at radius 2 is 2.60 bits per heavy atom. The molecule has 0 bridgehead atoms. The van der Waals surface area contributed by atoms with Crippen LogP contribution in [0.2, 0.25) is 0 Å². The molecule has 3 N–H and O–H groups in total. The number of ether oxygens (including phenoxy) is 1. The zero-order valence-corrected chi connectivity index (χ0v) is 5.81. The lowest BCUT2D eigenvalue weighted by Crippen LogP contribution is -2.31. The van der Waals surface area contributed by atoms with E-state index >= 15 is 0 Å². The summed E-state index contributed by atoms with van der Waals surface area (Å²) >= 11 is 1.20. The van der Waals surface area contributed by atoms with E-state index in [4.69, 9.17) is 5.73 Å². The van der Waals surface area contributed by atoms with Gasteiger partial charge in [-0.2, -0.15) is 0 Å². The van der Waals surface area contributed by atoms with Crippen LogP contribution in [-0.4, -0.2) is 23.3 Å². The number of nitrogens with one attached hydrogen (secondary N) is 1. The van der Waals surface area contributed by atoms with Crippen molar-refractivity contribution in [2.75, 3.05) is 5.75 Å². The molecule has 1 unspecified atom stereocenters. The van der Waals surface area contributed by atoms with Crippen LogP contribution >= 0.6 is 11.8 Å². The van der Waals surface area contributed by atoms with Crippen LogP contribution in [0.25, 0.3) is 0 Å². The van der Waals surface area contributed by atoms with E-state index in [1.54, 1.807) is 0 Å². The molecule has 0 spiro atoms. The van der Waals surface area contributed by atoms with Gasteiger partial charge in [0, 0.05) is 0 Å². The lowest BCUT2D eigenvalue weighted by Gasteiger charge is -2.06. The summed E-state index contributed by atoms with van der Waals surface area (Å²) in [5.41, 5.74) is 4.10. The summed E-state index contributed by atoms with van der Waals surface area (Å²) in [6.07, 6.45) is -0.875. The number of thioether (sulfide) groups is 1. The standard InChI is InChI=1S/C4H6N2O3S/c5-3(8)9-4-6-2(7)1-10-4/h4H,1H2,(H2,5,8)(H,6,7). The summed E-state index contributed by atoms with van der Waals surface area (Å²) in [6.45, 7) is 0. The molecule has 1 saturated heterocycles. The predicted octanol–water partition coefficient (Wildman–Crippen LogP) is -0.772. The zero-order chi connectivity index (χ0) is 7.56. The van der Waals surface area contributed by atoms with Crippen LogP contribution in [0.3, 0.4) is 0 Å². The van der Waals surface area contributed by atoms with Crippen LogP contribution in [0.15, 0.2) is 0 Å². The Kier molecular flexibility index (Phi) is 2.00. The number of nitrogens with two attached hydrogens (primary N) is 1. The monoisotopic (exact) mass is 162 g/mol. The molecule has 0 aliphatic carbocycles. The largest absolute Gasteiger partial charge is 0.416 e. The molecule has 1 aliphatic rings. The topological polar surface area (TPSA) is 81.4 Å². The molecule has 0 aromatic heterocycles. The number of carbonyl (C=O) groups excluding carboxylic acids is 2. The third-order valence-corrected chi connectivity index (χ3v) is 1.81. The second-order valence-electron chi connectivity index (χ2n) is 1.65. The quantitative estimate of drug-likeness (QED) is 0.530. The van der Waals surface area contributed by atoms with E-state index < -0.39 is 11.7 Å². The Balaban J connectivity index is 2.31. The fourth-order valence-corrected chi connectivity index (χ4v) is 1.30. The van der Waals surface area contributed by atoms with Crippen LogP contribution in [0, 0.1) is 0 Å².